The normalized spacial score (nSPS) is 8.75. The molecule has 0 fully saturated rings. The fourth-order valence-electron chi connectivity index (χ4n) is 0. The van der Waals surface area contributed by atoms with Crippen LogP contribution in [0, 0.1) is 0 Å². The minimum atomic E-state index is -3.91. The molecule has 0 amide bonds. The summed E-state index contributed by atoms with van der Waals surface area (Å²) in [7, 11) is -3.91. The van der Waals surface area contributed by atoms with Crippen LogP contribution in [0.1, 0.15) is 6.92 Å². The molecule has 0 atom stereocenters. The van der Waals surface area contributed by atoms with Gasteiger partial charge in [-0.25, -0.2) is 8.42 Å². The maximum Gasteiger partial charge on any atom is 2.00 e. The zero-order chi connectivity index (χ0) is 5.21. The van der Waals surface area contributed by atoms with E-state index in [4.69, 9.17) is 0 Å². The summed E-state index contributed by atoms with van der Waals surface area (Å²) in [5.41, 5.74) is 0. The molecule has 0 N–H and O–H groups in total. The van der Waals surface area contributed by atoms with Crippen molar-refractivity contribution in [2.75, 3.05) is 5.75 Å². The number of halogens is 1. The summed E-state index contributed by atoms with van der Waals surface area (Å²) in [6.45, 7) is 1.31. The minimum Gasteiger partial charge on any atom is -1.00 e. The predicted molar refractivity (Wildman–Crippen MR) is 26.0 cm³/mol. The van der Waals surface area contributed by atoms with E-state index in [9.17, 15) is 13.0 Å². The Balaban J connectivity index is -0.000000125. The van der Waals surface area contributed by atoms with Crippen molar-refractivity contribution < 1.29 is 30.0 Å². The second-order valence-electron chi connectivity index (χ2n) is 0.846. The third-order valence-electron chi connectivity index (χ3n) is 0.354. The molecule has 0 bridgehead atoms. The van der Waals surface area contributed by atoms with Gasteiger partial charge in [0.15, 0.2) is 0 Å². The molecule has 0 heterocycles. The van der Waals surface area contributed by atoms with Crippen LogP contribution in [0.2, 0.25) is 0 Å². The fourth-order valence-corrected chi connectivity index (χ4v) is 0. The van der Waals surface area contributed by atoms with Gasteiger partial charge in [-0.3, -0.25) is 0 Å². The van der Waals surface area contributed by atoms with Crippen molar-refractivity contribution in [3.63, 3.8) is 0 Å². The van der Waals surface area contributed by atoms with Gasteiger partial charge in [0.05, 0.1) is 10.1 Å². The average Bonchev–Trinajstić information content (AvgIpc) is 1.35. The summed E-state index contributed by atoms with van der Waals surface area (Å²) in [6, 6.07) is 0. The summed E-state index contributed by atoms with van der Waals surface area (Å²) in [5, 5.41) is 0. The molecule has 8 heavy (non-hydrogen) atoms. The van der Waals surface area contributed by atoms with Gasteiger partial charge in [-0.2, -0.15) is 0 Å². The average molecular weight is 213 g/mol. The Hall–Kier alpha value is 1.16. The van der Waals surface area contributed by atoms with Gasteiger partial charge in [0.2, 0.25) is 0 Å². The van der Waals surface area contributed by atoms with Crippen molar-refractivity contribution in [2.45, 2.75) is 6.92 Å². The molecule has 6 heteroatoms. The second-order valence-corrected chi connectivity index (χ2v) is 2.54. The number of hydrogen-bond acceptors (Lipinski definition) is 3. The predicted octanol–water partition coefficient (Wildman–Crippen LogP) is -3.83. The maximum absolute atomic E-state index is 9.44. The van der Waals surface area contributed by atoms with Gasteiger partial charge in [0.25, 0.3) is 0 Å². The van der Waals surface area contributed by atoms with Crippen LogP contribution in [-0.2, 0) is 10.1 Å². The topological polar surface area (TPSA) is 57.2 Å². The number of hydrogen-bond donors (Lipinski definition) is 0. The summed E-state index contributed by atoms with van der Waals surface area (Å²) in [6.07, 6.45) is 0. The third kappa shape index (κ3) is 15.7. The summed E-state index contributed by atoms with van der Waals surface area (Å²) < 4.78 is 28.3. The van der Waals surface area contributed by atoms with E-state index in [1.807, 2.05) is 0 Å². The van der Waals surface area contributed by atoms with E-state index in [2.05, 4.69) is 0 Å². The van der Waals surface area contributed by atoms with Gasteiger partial charge in [-0.05, 0) is 0 Å². The monoisotopic (exact) mass is 212 g/mol. The molecule has 0 spiro atoms. The van der Waals surface area contributed by atoms with E-state index in [-0.39, 0.29) is 45.8 Å². The van der Waals surface area contributed by atoms with E-state index in [1.165, 1.54) is 6.92 Å². The molecule has 0 saturated heterocycles. The van der Waals surface area contributed by atoms with Gasteiger partial charge in [-0.15, -0.1) is 0 Å². The van der Waals surface area contributed by atoms with Crippen LogP contribution in [0.25, 0.3) is 0 Å². The molecule has 0 saturated carbocycles. The summed E-state index contributed by atoms with van der Waals surface area (Å²) in [4.78, 5) is 0. The van der Waals surface area contributed by atoms with Crippen LogP contribution in [-0.4, -0.2) is 41.8 Å². The molecule has 0 aliphatic heterocycles. The first-order valence-electron chi connectivity index (χ1n) is 1.50. The maximum atomic E-state index is 9.44. The Labute approximate surface area is 75.5 Å². The van der Waals surface area contributed by atoms with Gasteiger partial charge >= 0.3 is 23.1 Å². The Morgan fingerprint density at radius 2 is 1.62 bits per heavy atom. The molecule has 0 radical (unpaired) electrons. The summed E-state index contributed by atoms with van der Waals surface area (Å²) >= 11 is 0. The van der Waals surface area contributed by atoms with Gasteiger partial charge in [0.1, 0.15) is 0 Å². The first-order valence-corrected chi connectivity index (χ1v) is 3.07. The molecule has 0 unspecified atom stereocenters. The molecule has 46 valence electrons. The smallest absolute Gasteiger partial charge is 1.00 e. The van der Waals surface area contributed by atoms with E-state index in [0.29, 0.717) is 0 Å². The largest absolute Gasteiger partial charge is 2.00 e. The fraction of sp³-hybridized carbons (Fsp3) is 1.00. The van der Waals surface area contributed by atoms with Crippen LogP contribution in [0.15, 0.2) is 0 Å². The van der Waals surface area contributed by atoms with Crippen LogP contribution in [0.5, 0.6) is 0 Å². The SMILES string of the molecule is CCS(=O)(=O)[O-].[Br-].[Mg+2]. The zero-order valence-electron chi connectivity index (χ0n) is 4.43. The quantitative estimate of drug-likeness (QED) is 0.331. The van der Waals surface area contributed by atoms with Crippen molar-refractivity contribution in [1.82, 2.24) is 0 Å². The molecule has 0 aliphatic rings. The van der Waals surface area contributed by atoms with Crippen LogP contribution in [0.4, 0.5) is 0 Å². The minimum absolute atomic E-state index is 0. The second kappa shape index (κ2) is 6.28. The Morgan fingerprint density at radius 1 is 1.50 bits per heavy atom. The van der Waals surface area contributed by atoms with Gasteiger partial charge in [0, 0.05) is 5.75 Å². The van der Waals surface area contributed by atoms with Crippen molar-refractivity contribution in [3.8, 4) is 0 Å². The van der Waals surface area contributed by atoms with Crippen molar-refractivity contribution in [1.29, 1.82) is 0 Å². The van der Waals surface area contributed by atoms with Crippen LogP contribution in [0.3, 0.4) is 0 Å². The Morgan fingerprint density at radius 3 is 1.62 bits per heavy atom. The van der Waals surface area contributed by atoms with Gasteiger partial charge in [-0.1, -0.05) is 6.92 Å². The van der Waals surface area contributed by atoms with Crippen molar-refractivity contribution >= 4 is 33.2 Å². The molecule has 0 aromatic carbocycles. The summed E-state index contributed by atoms with van der Waals surface area (Å²) in [5.74, 6) is -0.312. The Bertz CT molecular complexity index is 119. The molecular weight excluding hydrogens is 208 g/mol. The third-order valence-corrected chi connectivity index (χ3v) is 1.06. The van der Waals surface area contributed by atoms with E-state index in [1.54, 1.807) is 0 Å². The molecular formula is C2H5BrMgO3S. The standard InChI is InChI=1S/C2H6O3S.BrH.Mg/c1-2-6(3,4)5;;/h2H2,1H3,(H,3,4,5);1H;/q;;+2/p-2. The number of rotatable bonds is 1. The van der Waals surface area contributed by atoms with E-state index >= 15 is 0 Å². The molecule has 0 aliphatic carbocycles. The first kappa shape index (κ1) is 16.1. The van der Waals surface area contributed by atoms with Crippen molar-refractivity contribution in [2.24, 2.45) is 0 Å². The molecule has 0 aromatic rings. The Kier molecular flexibility index (Phi) is 12.6. The van der Waals surface area contributed by atoms with Crippen LogP contribution >= 0.6 is 0 Å². The zero-order valence-corrected chi connectivity index (χ0v) is 8.24. The van der Waals surface area contributed by atoms with E-state index in [0.717, 1.165) is 0 Å². The van der Waals surface area contributed by atoms with Gasteiger partial charge < -0.3 is 21.5 Å². The van der Waals surface area contributed by atoms with Crippen molar-refractivity contribution in [3.05, 3.63) is 0 Å². The van der Waals surface area contributed by atoms with Crippen LogP contribution < -0.4 is 17.0 Å². The first-order chi connectivity index (χ1) is 2.56. The molecule has 0 aromatic heterocycles. The molecule has 3 nitrogen and oxygen atoms in total. The molecule has 0 rings (SSSR count). The van der Waals surface area contributed by atoms with E-state index < -0.39 is 10.1 Å².